The molecule has 6 heteroatoms. The van der Waals surface area contributed by atoms with Crippen molar-refractivity contribution in [2.75, 3.05) is 26.9 Å². The van der Waals surface area contributed by atoms with Gasteiger partial charge in [-0.2, -0.15) is 0 Å². The molecule has 0 bridgehead atoms. The lowest BCUT2D eigenvalue weighted by Gasteiger charge is -2.16. The standard InChI is InChI=1S/C13H26N2O4/c1-11(17)14-8-5-3-4-6-13(18)15-12(7-9-16)10-19-2/h12,16H,3-10H2,1-2H3,(H,14,17)(H,15,18). The molecular weight excluding hydrogens is 248 g/mol. The normalized spacial score (nSPS) is 11.9. The Morgan fingerprint density at radius 3 is 2.58 bits per heavy atom. The second-order valence-electron chi connectivity index (χ2n) is 4.53. The number of methoxy groups -OCH3 is 1. The van der Waals surface area contributed by atoms with Crippen molar-refractivity contribution in [3.05, 3.63) is 0 Å². The molecule has 6 nitrogen and oxygen atoms in total. The molecule has 0 aromatic rings. The van der Waals surface area contributed by atoms with E-state index in [0.717, 1.165) is 19.3 Å². The van der Waals surface area contributed by atoms with Gasteiger partial charge in [0.15, 0.2) is 0 Å². The van der Waals surface area contributed by atoms with Gasteiger partial charge in [0, 0.05) is 33.6 Å². The fourth-order valence-electron chi connectivity index (χ4n) is 1.71. The van der Waals surface area contributed by atoms with Gasteiger partial charge in [-0.3, -0.25) is 9.59 Å². The molecule has 0 aromatic heterocycles. The van der Waals surface area contributed by atoms with E-state index in [9.17, 15) is 9.59 Å². The molecule has 1 atom stereocenters. The third kappa shape index (κ3) is 11.7. The van der Waals surface area contributed by atoms with E-state index in [1.165, 1.54) is 6.92 Å². The number of ether oxygens (including phenoxy) is 1. The molecule has 0 spiro atoms. The molecule has 0 saturated carbocycles. The smallest absolute Gasteiger partial charge is 0.220 e. The third-order valence-corrected chi connectivity index (χ3v) is 2.67. The molecule has 19 heavy (non-hydrogen) atoms. The number of unbranched alkanes of at least 4 members (excludes halogenated alkanes) is 2. The molecule has 0 aromatic carbocycles. The topological polar surface area (TPSA) is 87.7 Å². The fraction of sp³-hybridized carbons (Fsp3) is 0.846. The van der Waals surface area contributed by atoms with E-state index in [0.29, 0.717) is 26.0 Å². The molecule has 0 heterocycles. The van der Waals surface area contributed by atoms with Crippen LogP contribution in [0.4, 0.5) is 0 Å². The van der Waals surface area contributed by atoms with Gasteiger partial charge in [0.1, 0.15) is 0 Å². The van der Waals surface area contributed by atoms with Crippen molar-refractivity contribution in [2.45, 2.75) is 45.1 Å². The number of carbonyl (C=O) groups excluding carboxylic acids is 2. The minimum atomic E-state index is -0.123. The first kappa shape index (κ1) is 17.9. The van der Waals surface area contributed by atoms with Crippen LogP contribution in [0.1, 0.15) is 39.0 Å². The maximum Gasteiger partial charge on any atom is 0.220 e. The quantitative estimate of drug-likeness (QED) is 0.470. The highest BCUT2D eigenvalue weighted by molar-refractivity contribution is 5.76. The predicted molar refractivity (Wildman–Crippen MR) is 72.7 cm³/mol. The van der Waals surface area contributed by atoms with E-state index in [1.54, 1.807) is 7.11 Å². The maximum absolute atomic E-state index is 11.6. The van der Waals surface area contributed by atoms with Crippen LogP contribution in [0.15, 0.2) is 0 Å². The first-order chi connectivity index (χ1) is 9.10. The van der Waals surface area contributed by atoms with Gasteiger partial charge >= 0.3 is 0 Å². The van der Waals surface area contributed by atoms with E-state index >= 15 is 0 Å². The second-order valence-corrected chi connectivity index (χ2v) is 4.53. The highest BCUT2D eigenvalue weighted by Crippen LogP contribution is 2.00. The third-order valence-electron chi connectivity index (χ3n) is 2.67. The van der Waals surface area contributed by atoms with Crippen molar-refractivity contribution >= 4 is 11.8 Å². The summed E-state index contributed by atoms with van der Waals surface area (Å²) in [5, 5.41) is 14.4. The second kappa shape index (κ2) is 11.9. The zero-order valence-electron chi connectivity index (χ0n) is 11.9. The fourth-order valence-corrected chi connectivity index (χ4v) is 1.71. The lowest BCUT2D eigenvalue weighted by atomic mass is 10.1. The van der Waals surface area contributed by atoms with Crippen LogP contribution in [0.5, 0.6) is 0 Å². The van der Waals surface area contributed by atoms with Crippen LogP contribution < -0.4 is 10.6 Å². The molecule has 0 saturated heterocycles. The van der Waals surface area contributed by atoms with Gasteiger partial charge in [-0.1, -0.05) is 6.42 Å². The maximum atomic E-state index is 11.6. The van der Waals surface area contributed by atoms with Crippen LogP contribution in [-0.2, 0) is 14.3 Å². The van der Waals surface area contributed by atoms with Crippen molar-refractivity contribution < 1.29 is 19.4 Å². The average molecular weight is 274 g/mol. The van der Waals surface area contributed by atoms with Crippen LogP contribution in [0, 0.1) is 0 Å². The Balaban J connectivity index is 3.58. The summed E-state index contributed by atoms with van der Waals surface area (Å²) in [4.78, 5) is 22.2. The molecule has 0 rings (SSSR count). The molecule has 0 aliphatic heterocycles. The van der Waals surface area contributed by atoms with Crippen LogP contribution in [0.2, 0.25) is 0 Å². The first-order valence-electron chi connectivity index (χ1n) is 6.73. The van der Waals surface area contributed by atoms with E-state index in [2.05, 4.69) is 10.6 Å². The molecule has 0 aliphatic carbocycles. The van der Waals surface area contributed by atoms with Gasteiger partial charge in [0.05, 0.1) is 12.6 Å². The van der Waals surface area contributed by atoms with Gasteiger partial charge in [-0.15, -0.1) is 0 Å². The molecule has 2 amide bonds. The number of rotatable bonds is 11. The van der Waals surface area contributed by atoms with E-state index in [-0.39, 0.29) is 24.5 Å². The van der Waals surface area contributed by atoms with E-state index in [4.69, 9.17) is 9.84 Å². The molecular formula is C13H26N2O4. The van der Waals surface area contributed by atoms with Gasteiger partial charge in [0.25, 0.3) is 0 Å². The Labute approximate surface area is 114 Å². The molecule has 3 N–H and O–H groups in total. The van der Waals surface area contributed by atoms with Gasteiger partial charge in [-0.25, -0.2) is 0 Å². The summed E-state index contributed by atoms with van der Waals surface area (Å²) in [6.45, 7) is 2.60. The summed E-state index contributed by atoms with van der Waals surface area (Å²) in [6.07, 6.45) is 3.55. The average Bonchev–Trinajstić information content (AvgIpc) is 2.34. The van der Waals surface area contributed by atoms with Crippen molar-refractivity contribution in [1.29, 1.82) is 0 Å². The van der Waals surface area contributed by atoms with Crippen molar-refractivity contribution in [1.82, 2.24) is 10.6 Å². The summed E-state index contributed by atoms with van der Waals surface area (Å²) in [5.74, 6) is -0.0424. The van der Waals surface area contributed by atoms with E-state index < -0.39 is 0 Å². The Morgan fingerprint density at radius 1 is 1.26 bits per heavy atom. The number of amides is 2. The summed E-state index contributed by atoms with van der Waals surface area (Å²) >= 11 is 0. The Bertz CT molecular complexity index is 253. The van der Waals surface area contributed by atoms with Crippen LogP contribution in [0.25, 0.3) is 0 Å². The number of aliphatic hydroxyl groups excluding tert-OH is 1. The van der Waals surface area contributed by atoms with Gasteiger partial charge < -0.3 is 20.5 Å². The molecule has 112 valence electrons. The molecule has 1 unspecified atom stereocenters. The number of hydrogen-bond donors (Lipinski definition) is 3. The lowest BCUT2D eigenvalue weighted by Crippen LogP contribution is -2.38. The Kier molecular flexibility index (Phi) is 11.2. The SMILES string of the molecule is COCC(CCO)NC(=O)CCCCCNC(C)=O. The van der Waals surface area contributed by atoms with E-state index in [1.807, 2.05) is 0 Å². The van der Waals surface area contributed by atoms with Gasteiger partial charge in [0.2, 0.25) is 11.8 Å². The van der Waals surface area contributed by atoms with Crippen LogP contribution >= 0.6 is 0 Å². The zero-order chi connectivity index (χ0) is 14.5. The number of aliphatic hydroxyl groups is 1. The van der Waals surface area contributed by atoms with Crippen molar-refractivity contribution in [3.8, 4) is 0 Å². The van der Waals surface area contributed by atoms with Crippen molar-refractivity contribution in [3.63, 3.8) is 0 Å². The summed E-state index contributed by atoms with van der Waals surface area (Å²) in [6, 6.07) is -0.123. The molecule has 0 aliphatic rings. The zero-order valence-corrected chi connectivity index (χ0v) is 11.9. The first-order valence-corrected chi connectivity index (χ1v) is 6.73. The minimum Gasteiger partial charge on any atom is -0.396 e. The van der Waals surface area contributed by atoms with Crippen LogP contribution in [-0.4, -0.2) is 49.8 Å². The predicted octanol–water partition coefficient (Wildman–Crippen LogP) is 0.196. The monoisotopic (exact) mass is 274 g/mol. The number of carbonyl (C=O) groups is 2. The highest BCUT2D eigenvalue weighted by Gasteiger charge is 2.11. The summed E-state index contributed by atoms with van der Waals surface area (Å²) in [5.41, 5.74) is 0. The lowest BCUT2D eigenvalue weighted by molar-refractivity contribution is -0.122. The number of nitrogens with one attached hydrogen (secondary N) is 2. The summed E-state index contributed by atoms with van der Waals surface area (Å²) < 4.78 is 4.97. The van der Waals surface area contributed by atoms with Crippen LogP contribution in [0.3, 0.4) is 0 Å². The van der Waals surface area contributed by atoms with Gasteiger partial charge in [-0.05, 0) is 19.3 Å². The number of hydrogen-bond acceptors (Lipinski definition) is 4. The minimum absolute atomic E-state index is 0.0185. The highest BCUT2D eigenvalue weighted by atomic mass is 16.5. The molecule has 0 fully saturated rings. The summed E-state index contributed by atoms with van der Waals surface area (Å²) in [7, 11) is 1.57. The Hall–Kier alpha value is -1.14. The van der Waals surface area contributed by atoms with Crippen molar-refractivity contribution in [2.24, 2.45) is 0 Å². The largest absolute Gasteiger partial charge is 0.396 e. The molecule has 0 radical (unpaired) electrons. The Morgan fingerprint density at radius 2 is 2.00 bits per heavy atom.